The Morgan fingerprint density at radius 1 is 1.16 bits per heavy atom. The van der Waals surface area contributed by atoms with E-state index in [4.69, 9.17) is 0 Å². The van der Waals surface area contributed by atoms with Crippen LogP contribution >= 0.6 is 0 Å². The molecule has 0 aliphatic rings. The Kier molecular flexibility index (Phi) is 1.95. The van der Waals surface area contributed by atoms with E-state index in [0.717, 1.165) is 16.6 Å². The van der Waals surface area contributed by atoms with E-state index in [-0.39, 0.29) is 0 Å². The van der Waals surface area contributed by atoms with Crippen LogP contribution in [-0.4, -0.2) is 35.5 Å². The number of hydrogen-bond acceptors (Lipinski definition) is 6. The molecule has 8 nitrogen and oxygen atoms in total. The van der Waals surface area contributed by atoms with Gasteiger partial charge in [0.25, 0.3) is 0 Å². The second kappa shape index (κ2) is 3.73. The highest BCUT2D eigenvalue weighted by Crippen LogP contribution is 2.19. The highest BCUT2D eigenvalue weighted by molar-refractivity contribution is 5.82. The Balaban J connectivity index is 1.72. The summed E-state index contributed by atoms with van der Waals surface area (Å²) in [6.07, 6.45) is 1.78. The smallest absolute Gasteiger partial charge is 0.200 e. The van der Waals surface area contributed by atoms with E-state index < -0.39 is 0 Å². The summed E-state index contributed by atoms with van der Waals surface area (Å²) in [6.45, 7) is 0. The van der Waals surface area contributed by atoms with Crippen molar-refractivity contribution in [1.29, 1.82) is 0 Å². The van der Waals surface area contributed by atoms with E-state index in [0.29, 0.717) is 11.5 Å². The molecule has 92 valence electrons. The predicted molar refractivity (Wildman–Crippen MR) is 68.0 cm³/mol. The first-order valence-corrected chi connectivity index (χ1v) is 5.64. The third-order valence-electron chi connectivity index (χ3n) is 2.78. The van der Waals surface area contributed by atoms with E-state index in [1.807, 2.05) is 24.3 Å². The maximum absolute atomic E-state index is 4.24. The third-order valence-corrected chi connectivity index (χ3v) is 2.78. The molecule has 0 amide bonds. The third kappa shape index (κ3) is 1.66. The normalized spacial score (nSPS) is 11.2. The molecule has 0 radical (unpaired) electrons. The zero-order valence-electron chi connectivity index (χ0n) is 9.65. The Morgan fingerprint density at radius 3 is 3.16 bits per heavy atom. The summed E-state index contributed by atoms with van der Waals surface area (Å²) in [4.78, 5) is 0. The molecular weight excluding hydrogens is 244 g/mol. The lowest BCUT2D eigenvalue weighted by molar-refractivity contribution is 0.736. The number of aromatic amines is 1. The first-order valence-electron chi connectivity index (χ1n) is 5.64. The molecular formula is C11H8N8. The van der Waals surface area contributed by atoms with E-state index in [1.165, 1.54) is 4.63 Å². The first-order chi connectivity index (χ1) is 9.38. The summed E-state index contributed by atoms with van der Waals surface area (Å²) < 4.78 is 1.37. The topological polar surface area (TPSA) is 96.7 Å². The fraction of sp³-hybridized carbons (Fsp3) is 0. The molecule has 2 N–H and O–H groups in total. The van der Waals surface area contributed by atoms with Gasteiger partial charge >= 0.3 is 0 Å². The van der Waals surface area contributed by atoms with Gasteiger partial charge in [-0.15, -0.1) is 14.8 Å². The second-order valence-corrected chi connectivity index (χ2v) is 4.04. The van der Waals surface area contributed by atoms with Crippen molar-refractivity contribution in [2.75, 3.05) is 5.32 Å². The number of hydrogen-bond donors (Lipinski definition) is 2. The van der Waals surface area contributed by atoms with Crippen molar-refractivity contribution in [3.63, 3.8) is 0 Å². The lowest BCUT2D eigenvalue weighted by atomic mass is 10.2. The molecule has 0 saturated heterocycles. The molecule has 1 aromatic carbocycles. The van der Waals surface area contributed by atoms with Crippen LogP contribution in [0.3, 0.4) is 0 Å². The molecule has 0 spiro atoms. The lowest BCUT2D eigenvalue weighted by Crippen LogP contribution is -2.00. The Labute approximate surface area is 106 Å². The van der Waals surface area contributed by atoms with Crippen molar-refractivity contribution in [2.45, 2.75) is 0 Å². The van der Waals surface area contributed by atoms with Gasteiger partial charge in [-0.25, -0.2) is 0 Å². The molecule has 0 unspecified atom stereocenters. The van der Waals surface area contributed by atoms with Crippen LogP contribution in [0.25, 0.3) is 16.6 Å². The minimum Gasteiger partial charge on any atom is -0.339 e. The zero-order valence-corrected chi connectivity index (χ0v) is 9.65. The largest absolute Gasteiger partial charge is 0.339 e. The molecule has 4 rings (SSSR count). The van der Waals surface area contributed by atoms with Crippen LogP contribution in [0.4, 0.5) is 11.5 Å². The van der Waals surface area contributed by atoms with E-state index in [2.05, 4.69) is 36.1 Å². The van der Waals surface area contributed by atoms with Crippen LogP contribution in [0.1, 0.15) is 0 Å². The van der Waals surface area contributed by atoms with Gasteiger partial charge in [-0.1, -0.05) is 0 Å². The number of tetrazole rings is 1. The van der Waals surface area contributed by atoms with Gasteiger partial charge in [0, 0.05) is 11.1 Å². The first kappa shape index (κ1) is 9.95. The van der Waals surface area contributed by atoms with Gasteiger partial charge in [0.05, 0.1) is 11.7 Å². The number of anilines is 2. The molecule has 4 aromatic rings. The molecule has 19 heavy (non-hydrogen) atoms. The average molecular weight is 252 g/mol. The summed E-state index contributed by atoms with van der Waals surface area (Å²) in [5.74, 6) is 0.669. The minimum atomic E-state index is 0.607. The number of rotatable bonds is 2. The Hall–Kier alpha value is -3.03. The molecule has 0 aliphatic heterocycles. The van der Waals surface area contributed by atoms with Crippen molar-refractivity contribution in [2.24, 2.45) is 0 Å². The van der Waals surface area contributed by atoms with Gasteiger partial charge in [0.2, 0.25) is 0 Å². The van der Waals surface area contributed by atoms with Crippen LogP contribution < -0.4 is 5.32 Å². The number of benzene rings is 1. The molecule has 8 heteroatoms. The number of H-pyrrole nitrogens is 1. The summed E-state index contributed by atoms with van der Waals surface area (Å²) in [7, 11) is 0. The van der Waals surface area contributed by atoms with Gasteiger partial charge in [-0.05, 0) is 40.8 Å². The number of nitrogens with one attached hydrogen (secondary N) is 2. The van der Waals surface area contributed by atoms with E-state index in [9.17, 15) is 0 Å². The fourth-order valence-electron chi connectivity index (χ4n) is 1.88. The molecule has 0 saturated carbocycles. The summed E-state index contributed by atoms with van der Waals surface area (Å²) in [6, 6.07) is 9.52. The Bertz CT molecular complexity index is 789. The summed E-state index contributed by atoms with van der Waals surface area (Å²) in [5.41, 5.74) is 2.53. The second-order valence-electron chi connectivity index (χ2n) is 4.04. The van der Waals surface area contributed by atoms with Crippen LogP contribution in [0.15, 0.2) is 36.5 Å². The van der Waals surface area contributed by atoms with Crippen LogP contribution in [0.2, 0.25) is 0 Å². The molecule has 0 fully saturated rings. The minimum absolute atomic E-state index is 0.607. The quantitative estimate of drug-likeness (QED) is 0.555. The molecule has 0 atom stereocenters. The molecule has 3 aromatic heterocycles. The standard InChI is InChI=1S/C11H8N8/c1-2-9-7(6-12-14-9)5-8(1)13-10-3-4-11-15-17-18-19(11)16-10/h1-6H,(H,12,14)(H,13,16). The van der Waals surface area contributed by atoms with Crippen LogP contribution in [0.5, 0.6) is 0 Å². The van der Waals surface area contributed by atoms with Gasteiger partial charge in [0.1, 0.15) is 0 Å². The highest BCUT2D eigenvalue weighted by Gasteiger charge is 2.02. The zero-order chi connectivity index (χ0) is 12.7. The van der Waals surface area contributed by atoms with E-state index >= 15 is 0 Å². The van der Waals surface area contributed by atoms with Crippen molar-refractivity contribution in [1.82, 2.24) is 35.5 Å². The molecule has 0 bridgehead atoms. The van der Waals surface area contributed by atoms with Crippen LogP contribution in [-0.2, 0) is 0 Å². The Morgan fingerprint density at radius 2 is 2.16 bits per heavy atom. The average Bonchev–Trinajstić information content (AvgIpc) is 3.05. The SMILES string of the molecule is c1cc2[nH]ncc2cc1Nc1ccc2nnnn2n1. The van der Waals surface area contributed by atoms with Gasteiger partial charge < -0.3 is 5.32 Å². The van der Waals surface area contributed by atoms with E-state index in [1.54, 1.807) is 12.3 Å². The van der Waals surface area contributed by atoms with Gasteiger partial charge in [-0.3, -0.25) is 5.10 Å². The number of aromatic nitrogens is 7. The van der Waals surface area contributed by atoms with Gasteiger partial charge in [0.15, 0.2) is 11.5 Å². The summed E-state index contributed by atoms with van der Waals surface area (Å²) in [5, 5.41) is 26.5. The predicted octanol–water partition coefficient (Wildman–Crippen LogP) is 1.14. The van der Waals surface area contributed by atoms with Crippen molar-refractivity contribution < 1.29 is 0 Å². The molecule has 0 aliphatic carbocycles. The molecule has 3 heterocycles. The van der Waals surface area contributed by atoms with Crippen molar-refractivity contribution in [3.8, 4) is 0 Å². The van der Waals surface area contributed by atoms with Gasteiger partial charge in [-0.2, -0.15) is 5.10 Å². The fourth-order valence-corrected chi connectivity index (χ4v) is 1.88. The van der Waals surface area contributed by atoms with Crippen molar-refractivity contribution >= 4 is 28.1 Å². The number of nitrogens with zero attached hydrogens (tertiary/aromatic N) is 6. The summed E-state index contributed by atoms with van der Waals surface area (Å²) >= 11 is 0. The number of fused-ring (bicyclic) bond motifs is 2. The monoisotopic (exact) mass is 252 g/mol. The highest BCUT2D eigenvalue weighted by atomic mass is 15.6. The maximum Gasteiger partial charge on any atom is 0.200 e. The van der Waals surface area contributed by atoms with Crippen molar-refractivity contribution in [3.05, 3.63) is 36.5 Å². The van der Waals surface area contributed by atoms with Crippen LogP contribution in [0, 0.1) is 0 Å². The lowest BCUT2D eigenvalue weighted by Gasteiger charge is -2.04. The maximum atomic E-state index is 4.24.